The molecule has 1 saturated heterocycles. The third-order valence-electron chi connectivity index (χ3n) is 7.26. The van der Waals surface area contributed by atoms with Crippen molar-refractivity contribution in [2.24, 2.45) is 0 Å². The van der Waals surface area contributed by atoms with Crippen LogP contribution < -0.4 is 10.2 Å². The molecule has 1 aliphatic heterocycles. The van der Waals surface area contributed by atoms with Gasteiger partial charge in [0.1, 0.15) is 5.00 Å². The van der Waals surface area contributed by atoms with Crippen molar-refractivity contribution in [3.05, 3.63) is 75.7 Å². The minimum atomic E-state index is -0.0509. The number of hydrogen-bond donors (Lipinski definition) is 1. The van der Waals surface area contributed by atoms with E-state index >= 15 is 0 Å². The molecule has 3 heterocycles. The number of fused-ring (bicyclic) bond motifs is 2. The fourth-order valence-electron chi connectivity index (χ4n) is 5.21. The van der Waals surface area contributed by atoms with Gasteiger partial charge in [-0.25, -0.2) is 4.98 Å². The number of aryl methyl sites for hydroxylation is 2. The van der Waals surface area contributed by atoms with Gasteiger partial charge in [0.2, 0.25) is 5.91 Å². The molecule has 8 heteroatoms. The van der Waals surface area contributed by atoms with E-state index in [9.17, 15) is 9.59 Å². The largest absolute Gasteiger partial charge is 0.345 e. The van der Waals surface area contributed by atoms with Crippen LogP contribution in [0.3, 0.4) is 0 Å². The summed E-state index contributed by atoms with van der Waals surface area (Å²) in [6, 6.07) is 15.9. The summed E-state index contributed by atoms with van der Waals surface area (Å²) >= 11 is 3.31. The Morgan fingerprint density at radius 3 is 2.49 bits per heavy atom. The number of rotatable bonds is 6. The summed E-state index contributed by atoms with van der Waals surface area (Å²) in [5.74, 6) is -0.0378. The van der Waals surface area contributed by atoms with Crippen molar-refractivity contribution in [3.8, 4) is 0 Å². The number of para-hydroxylation sites is 1. The summed E-state index contributed by atoms with van der Waals surface area (Å²) in [5.41, 5.74) is 4.69. The fourth-order valence-corrected chi connectivity index (χ4v) is 7.53. The van der Waals surface area contributed by atoms with Crippen LogP contribution in [0.4, 0.5) is 10.1 Å². The first-order valence-corrected chi connectivity index (χ1v) is 14.6. The lowest BCUT2D eigenvalue weighted by atomic mass is 9.91. The zero-order valence-electron chi connectivity index (χ0n) is 21.0. The Bertz CT molecular complexity index is 1420. The number of aromatic nitrogens is 1. The summed E-state index contributed by atoms with van der Waals surface area (Å²) in [6.07, 6.45) is 4.11. The number of thiazole rings is 1. The number of carbonyl (C=O) groups excluding carboxylic acids is 2. The molecule has 0 saturated carbocycles. The highest BCUT2D eigenvalue weighted by molar-refractivity contribution is 7.22. The van der Waals surface area contributed by atoms with Gasteiger partial charge < -0.3 is 10.2 Å². The van der Waals surface area contributed by atoms with Crippen LogP contribution >= 0.6 is 22.7 Å². The van der Waals surface area contributed by atoms with Gasteiger partial charge in [-0.05, 0) is 50.3 Å². The van der Waals surface area contributed by atoms with Gasteiger partial charge in [0.25, 0.3) is 0 Å². The average molecular weight is 531 g/mol. The number of nitrogens with zero attached hydrogens (tertiary/aromatic N) is 3. The minimum absolute atomic E-state index is 0.0131. The van der Waals surface area contributed by atoms with Crippen LogP contribution in [0.25, 0.3) is 10.2 Å². The zero-order chi connectivity index (χ0) is 25.4. The molecule has 6 nitrogen and oxygen atoms in total. The van der Waals surface area contributed by atoms with Crippen molar-refractivity contribution in [2.45, 2.75) is 32.6 Å². The van der Waals surface area contributed by atoms with Gasteiger partial charge in [-0.3, -0.25) is 14.5 Å². The Morgan fingerprint density at radius 1 is 0.946 bits per heavy atom. The van der Waals surface area contributed by atoms with Crippen molar-refractivity contribution < 1.29 is 9.59 Å². The smallest absolute Gasteiger partial charge is 0.239 e. The predicted molar refractivity (Wildman–Crippen MR) is 152 cm³/mol. The number of thiophene rings is 1. The van der Waals surface area contributed by atoms with Crippen molar-refractivity contribution in [1.82, 2.24) is 9.88 Å². The van der Waals surface area contributed by atoms with E-state index in [4.69, 9.17) is 4.98 Å². The second-order valence-corrected chi connectivity index (χ2v) is 12.0. The Hall–Kier alpha value is -3.07. The molecule has 0 spiro atoms. The van der Waals surface area contributed by atoms with E-state index in [1.165, 1.54) is 9.58 Å². The lowest BCUT2D eigenvalue weighted by Gasteiger charge is -2.34. The van der Waals surface area contributed by atoms with Crippen LogP contribution in [0.5, 0.6) is 0 Å². The average Bonchev–Trinajstić information content (AvgIpc) is 3.50. The quantitative estimate of drug-likeness (QED) is 0.332. The number of ketones is 1. The molecule has 0 bridgehead atoms. The molecule has 6 rings (SSSR count). The molecule has 0 unspecified atom stereocenters. The van der Waals surface area contributed by atoms with Crippen LogP contribution in [0.2, 0.25) is 0 Å². The maximum absolute atomic E-state index is 13.6. The summed E-state index contributed by atoms with van der Waals surface area (Å²) in [4.78, 5) is 37.2. The Labute approximate surface area is 224 Å². The number of piperazine rings is 1. The third-order valence-corrected chi connectivity index (χ3v) is 9.56. The topological polar surface area (TPSA) is 65.5 Å². The minimum Gasteiger partial charge on any atom is -0.345 e. The Balaban J connectivity index is 1.13. The van der Waals surface area contributed by atoms with Crippen LogP contribution in [0.15, 0.2) is 48.5 Å². The van der Waals surface area contributed by atoms with Gasteiger partial charge in [0, 0.05) is 36.6 Å². The number of hydrogen-bond acceptors (Lipinski definition) is 7. The first-order chi connectivity index (χ1) is 18.0. The maximum Gasteiger partial charge on any atom is 0.239 e. The van der Waals surface area contributed by atoms with E-state index in [2.05, 4.69) is 27.2 Å². The maximum atomic E-state index is 13.6. The Kier molecular flexibility index (Phi) is 6.80. The van der Waals surface area contributed by atoms with Gasteiger partial charge >= 0.3 is 0 Å². The molecule has 0 atom stereocenters. The predicted octanol–water partition coefficient (Wildman–Crippen LogP) is 5.54. The molecule has 1 aliphatic carbocycles. The van der Waals surface area contributed by atoms with E-state index in [0.717, 1.165) is 78.6 Å². The molecule has 2 aromatic heterocycles. The third kappa shape index (κ3) is 5.06. The van der Waals surface area contributed by atoms with Gasteiger partial charge in [0.15, 0.2) is 10.9 Å². The molecule has 190 valence electrons. The van der Waals surface area contributed by atoms with E-state index < -0.39 is 0 Å². The second kappa shape index (κ2) is 10.4. The van der Waals surface area contributed by atoms with E-state index in [-0.39, 0.29) is 11.7 Å². The first-order valence-electron chi connectivity index (χ1n) is 12.9. The summed E-state index contributed by atoms with van der Waals surface area (Å²) in [5, 5.41) is 4.90. The van der Waals surface area contributed by atoms with Crippen LogP contribution in [-0.4, -0.2) is 54.3 Å². The molecule has 37 heavy (non-hydrogen) atoms. The molecular weight excluding hydrogens is 500 g/mol. The number of nitrogens with one attached hydrogen (secondary N) is 1. The van der Waals surface area contributed by atoms with Gasteiger partial charge in [-0.2, -0.15) is 0 Å². The van der Waals surface area contributed by atoms with Crippen molar-refractivity contribution in [2.75, 3.05) is 42.9 Å². The molecule has 4 aromatic rings. The molecule has 1 amide bonds. The number of benzene rings is 2. The highest BCUT2D eigenvalue weighted by Gasteiger charge is 2.28. The van der Waals surface area contributed by atoms with Crippen molar-refractivity contribution >= 4 is 54.7 Å². The van der Waals surface area contributed by atoms with Crippen molar-refractivity contribution in [1.29, 1.82) is 0 Å². The number of carbonyl (C=O) groups is 2. The molecule has 1 fully saturated rings. The van der Waals surface area contributed by atoms with Crippen molar-refractivity contribution in [3.63, 3.8) is 0 Å². The van der Waals surface area contributed by atoms with Crippen LogP contribution in [0.1, 0.15) is 44.8 Å². The molecule has 2 aromatic carbocycles. The SMILES string of the molecule is Cc1ccc(C(=O)c2c(NC(=O)CN3CCN(c4nc5ccccc5s4)CC3)sc3c2CCCC3)cc1. The number of amides is 1. The molecule has 2 aliphatic rings. The molecular formula is C29H30N4O2S2. The highest BCUT2D eigenvalue weighted by Crippen LogP contribution is 2.39. The zero-order valence-corrected chi connectivity index (χ0v) is 22.6. The normalized spacial score (nSPS) is 16.1. The lowest BCUT2D eigenvalue weighted by Crippen LogP contribution is -2.48. The van der Waals surface area contributed by atoms with Gasteiger partial charge in [-0.1, -0.05) is 53.3 Å². The monoisotopic (exact) mass is 530 g/mol. The highest BCUT2D eigenvalue weighted by atomic mass is 32.1. The van der Waals surface area contributed by atoms with Gasteiger partial charge in [0.05, 0.1) is 22.3 Å². The summed E-state index contributed by atoms with van der Waals surface area (Å²) < 4.78 is 1.20. The Morgan fingerprint density at radius 2 is 1.70 bits per heavy atom. The lowest BCUT2D eigenvalue weighted by molar-refractivity contribution is -0.117. The van der Waals surface area contributed by atoms with E-state index in [0.29, 0.717) is 17.7 Å². The van der Waals surface area contributed by atoms with Gasteiger partial charge in [-0.15, -0.1) is 11.3 Å². The standard InChI is InChI=1S/C29H30N4O2S2/c1-19-10-12-20(13-11-19)27(35)26-21-6-2-4-8-23(21)36-28(26)31-25(34)18-32-14-16-33(17-15-32)29-30-22-7-3-5-9-24(22)37-29/h3,5,7,9-13H,2,4,6,8,14-18H2,1H3,(H,31,34). The fraction of sp³-hybridized carbons (Fsp3) is 0.345. The van der Waals surface area contributed by atoms with E-state index in [1.54, 1.807) is 22.7 Å². The second-order valence-electron chi connectivity index (χ2n) is 9.89. The summed E-state index contributed by atoms with van der Waals surface area (Å²) in [7, 11) is 0. The molecule has 1 N–H and O–H groups in total. The number of anilines is 2. The summed E-state index contributed by atoms with van der Waals surface area (Å²) in [6.45, 7) is 5.65. The van der Waals surface area contributed by atoms with Crippen LogP contribution in [0, 0.1) is 6.92 Å². The van der Waals surface area contributed by atoms with E-state index in [1.807, 2.05) is 43.3 Å². The van der Waals surface area contributed by atoms with Crippen LogP contribution in [-0.2, 0) is 17.6 Å². The molecule has 0 radical (unpaired) electrons. The first kappa shape index (κ1) is 24.3.